The van der Waals surface area contributed by atoms with Gasteiger partial charge in [-0.15, -0.1) is 0 Å². The predicted molar refractivity (Wildman–Crippen MR) is 123 cm³/mol. The molecule has 2 amide bonds. The Morgan fingerprint density at radius 3 is 2.33 bits per heavy atom. The summed E-state index contributed by atoms with van der Waals surface area (Å²) in [5, 5.41) is 2.96. The second kappa shape index (κ2) is 10.1. The topological polar surface area (TPSA) is 58.6 Å². The van der Waals surface area contributed by atoms with E-state index in [1.54, 1.807) is 11.8 Å². The lowest BCUT2D eigenvalue weighted by atomic mass is 10.1. The average Bonchev–Trinajstić information content (AvgIpc) is 2.66. The Bertz CT molecular complexity index is 888. The molecule has 1 unspecified atom stereocenters. The van der Waals surface area contributed by atoms with Crippen molar-refractivity contribution in [2.24, 2.45) is 0 Å². The number of ether oxygens (including phenoxy) is 1. The Morgan fingerprint density at radius 2 is 1.73 bits per heavy atom. The number of halogens is 1. The number of aryl methyl sites for hydroxylation is 1. The molecule has 6 heteroatoms. The third-order valence-electron chi connectivity index (χ3n) is 4.84. The minimum atomic E-state index is -0.637. The molecule has 0 heterocycles. The molecule has 0 aliphatic heterocycles. The molecule has 5 nitrogen and oxygen atoms in total. The van der Waals surface area contributed by atoms with Gasteiger partial charge in [-0.1, -0.05) is 40.2 Å². The summed E-state index contributed by atoms with van der Waals surface area (Å²) in [6.45, 7) is 11.7. The molecule has 0 spiro atoms. The first-order valence-electron chi connectivity index (χ1n) is 10.0. The summed E-state index contributed by atoms with van der Waals surface area (Å²) >= 11 is 3.42. The number of hydrogen-bond acceptors (Lipinski definition) is 3. The second-order valence-corrected chi connectivity index (χ2v) is 9.47. The van der Waals surface area contributed by atoms with E-state index in [-0.39, 0.29) is 24.0 Å². The van der Waals surface area contributed by atoms with Crippen molar-refractivity contribution in [3.05, 3.63) is 63.6 Å². The molecule has 0 saturated heterocycles. The molecule has 0 aliphatic rings. The highest BCUT2D eigenvalue weighted by Crippen LogP contribution is 2.21. The van der Waals surface area contributed by atoms with Crippen molar-refractivity contribution in [2.75, 3.05) is 6.61 Å². The average molecular weight is 475 g/mol. The molecule has 2 aromatic carbocycles. The van der Waals surface area contributed by atoms with Gasteiger partial charge in [0.2, 0.25) is 5.91 Å². The SMILES string of the molecule is Cc1cccc(OCC(=O)N(Cc2ccc(Br)cc2)C(C)C(=O)NC(C)(C)C)c1C. The van der Waals surface area contributed by atoms with Gasteiger partial charge in [0.1, 0.15) is 11.8 Å². The van der Waals surface area contributed by atoms with E-state index < -0.39 is 6.04 Å². The summed E-state index contributed by atoms with van der Waals surface area (Å²) < 4.78 is 6.78. The molecule has 2 aromatic rings. The number of amides is 2. The normalized spacial score (nSPS) is 12.2. The van der Waals surface area contributed by atoms with Crippen LogP contribution in [-0.4, -0.2) is 34.9 Å². The Balaban J connectivity index is 2.20. The van der Waals surface area contributed by atoms with Crippen LogP contribution in [0.1, 0.15) is 44.4 Å². The van der Waals surface area contributed by atoms with Crippen LogP contribution in [0.25, 0.3) is 0 Å². The van der Waals surface area contributed by atoms with Gasteiger partial charge in [0.05, 0.1) is 0 Å². The lowest BCUT2D eigenvalue weighted by Gasteiger charge is -2.31. The molecule has 30 heavy (non-hydrogen) atoms. The smallest absolute Gasteiger partial charge is 0.261 e. The van der Waals surface area contributed by atoms with E-state index in [1.807, 2.05) is 77.1 Å². The summed E-state index contributed by atoms with van der Waals surface area (Å²) in [4.78, 5) is 27.4. The molecule has 2 rings (SSSR count). The zero-order valence-corrected chi connectivity index (χ0v) is 20.2. The molecule has 0 fully saturated rings. The molecule has 1 atom stereocenters. The van der Waals surface area contributed by atoms with Crippen LogP contribution in [0.5, 0.6) is 5.75 Å². The third-order valence-corrected chi connectivity index (χ3v) is 5.37. The lowest BCUT2D eigenvalue weighted by Crippen LogP contribution is -2.53. The summed E-state index contributed by atoms with van der Waals surface area (Å²) in [6, 6.07) is 12.8. The Morgan fingerprint density at radius 1 is 1.10 bits per heavy atom. The fourth-order valence-corrected chi connectivity index (χ4v) is 3.21. The molecule has 0 aromatic heterocycles. The van der Waals surface area contributed by atoms with Crippen molar-refractivity contribution in [3.63, 3.8) is 0 Å². The monoisotopic (exact) mass is 474 g/mol. The van der Waals surface area contributed by atoms with E-state index in [2.05, 4.69) is 21.2 Å². The molecule has 0 aliphatic carbocycles. The molecule has 1 N–H and O–H groups in total. The Hall–Kier alpha value is -2.34. The summed E-state index contributed by atoms with van der Waals surface area (Å²) in [6.07, 6.45) is 0. The summed E-state index contributed by atoms with van der Waals surface area (Å²) in [5.74, 6) is 0.244. The number of carbonyl (C=O) groups excluding carboxylic acids is 2. The van der Waals surface area contributed by atoms with Crippen LogP contribution in [0.4, 0.5) is 0 Å². The van der Waals surface area contributed by atoms with Gasteiger partial charge >= 0.3 is 0 Å². The first kappa shape index (κ1) is 23.9. The van der Waals surface area contributed by atoms with Crippen LogP contribution < -0.4 is 10.1 Å². The first-order chi connectivity index (χ1) is 14.0. The fraction of sp³-hybridized carbons (Fsp3) is 0.417. The van der Waals surface area contributed by atoms with Crippen molar-refractivity contribution in [1.29, 1.82) is 0 Å². The number of benzene rings is 2. The maximum atomic E-state index is 13.1. The van der Waals surface area contributed by atoms with Gasteiger partial charge in [-0.2, -0.15) is 0 Å². The number of rotatable bonds is 7. The van der Waals surface area contributed by atoms with Gasteiger partial charge in [0.15, 0.2) is 6.61 Å². The van der Waals surface area contributed by atoms with Crippen LogP contribution in [0.2, 0.25) is 0 Å². The van der Waals surface area contributed by atoms with Crippen LogP contribution in [0.3, 0.4) is 0 Å². The fourth-order valence-electron chi connectivity index (χ4n) is 2.95. The Labute approximate surface area is 187 Å². The molecular weight excluding hydrogens is 444 g/mol. The second-order valence-electron chi connectivity index (χ2n) is 8.55. The lowest BCUT2D eigenvalue weighted by molar-refractivity contribution is -0.142. The van der Waals surface area contributed by atoms with Crippen molar-refractivity contribution in [3.8, 4) is 5.75 Å². The van der Waals surface area contributed by atoms with Gasteiger partial charge in [-0.3, -0.25) is 9.59 Å². The van der Waals surface area contributed by atoms with Crippen molar-refractivity contribution >= 4 is 27.7 Å². The maximum Gasteiger partial charge on any atom is 0.261 e. The standard InChI is InChI=1S/C24H31BrN2O3/c1-16-8-7-9-21(17(16)2)30-15-22(28)27(14-19-10-12-20(25)13-11-19)18(3)23(29)26-24(4,5)6/h7-13,18H,14-15H2,1-6H3,(H,26,29). The van der Waals surface area contributed by atoms with Crippen molar-refractivity contribution in [2.45, 2.75) is 59.7 Å². The number of nitrogens with zero attached hydrogens (tertiary/aromatic N) is 1. The van der Waals surface area contributed by atoms with Crippen LogP contribution in [0, 0.1) is 13.8 Å². The highest BCUT2D eigenvalue weighted by Gasteiger charge is 2.28. The van der Waals surface area contributed by atoms with Crippen LogP contribution >= 0.6 is 15.9 Å². The van der Waals surface area contributed by atoms with E-state index in [9.17, 15) is 9.59 Å². The zero-order valence-electron chi connectivity index (χ0n) is 18.6. The van der Waals surface area contributed by atoms with Gasteiger partial charge in [0.25, 0.3) is 5.91 Å². The maximum absolute atomic E-state index is 13.1. The summed E-state index contributed by atoms with van der Waals surface area (Å²) in [7, 11) is 0. The quantitative estimate of drug-likeness (QED) is 0.628. The van der Waals surface area contributed by atoms with E-state index in [0.29, 0.717) is 12.3 Å². The summed E-state index contributed by atoms with van der Waals surface area (Å²) in [5.41, 5.74) is 2.66. The van der Waals surface area contributed by atoms with Gasteiger partial charge in [0, 0.05) is 16.6 Å². The van der Waals surface area contributed by atoms with Gasteiger partial charge in [-0.25, -0.2) is 0 Å². The highest BCUT2D eigenvalue weighted by atomic mass is 79.9. The van der Waals surface area contributed by atoms with E-state index in [0.717, 1.165) is 21.2 Å². The molecule has 0 bridgehead atoms. The van der Waals surface area contributed by atoms with E-state index in [4.69, 9.17) is 4.74 Å². The molecule has 0 radical (unpaired) electrons. The number of nitrogens with one attached hydrogen (secondary N) is 1. The van der Waals surface area contributed by atoms with Crippen molar-refractivity contribution < 1.29 is 14.3 Å². The minimum Gasteiger partial charge on any atom is -0.483 e. The predicted octanol–water partition coefficient (Wildman–Crippen LogP) is 4.78. The largest absolute Gasteiger partial charge is 0.483 e. The number of hydrogen-bond donors (Lipinski definition) is 1. The molecule has 0 saturated carbocycles. The number of carbonyl (C=O) groups is 2. The zero-order chi connectivity index (χ0) is 22.5. The molecular formula is C24H31BrN2O3. The van der Waals surface area contributed by atoms with E-state index >= 15 is 0 Å². The van der Waals surface area contributed by atoms with Gasteiger partial charge in [-0.05, 0) is 76.4 Å². The van der Waals surface area contributed by atoms with Crippen LogP contribution in [-0.2, 0) is 16.1 Å². The third kappa shape index (κ3) is 6.87. The van der Waals surface area contributed by atoms with Crippen LogP contribution in [0.15, 0.2) is 46.9 Å². The van der Waals surface area contributed by atoms with Gasteiger partial charge < -0.3 is 15.0 Å². The van der Waals surface area contributed by atoms with Crippen molar-refractivity contribution in [1.82, 2.24) is 10.2 Å². The van der Waals surface area contributed by atoms with E-state index in [1.165, 1.54) is 0 Å². The minimum absolute atomic E-state index is 0.131. The Kier molecular flexibility index (Phi) is 8.07. The first-order valence-corrected chi connectivity index (χ1v) is 10.8. The highest BCUT2D eigenvalue weighted by molar-refractivity contribution is 9.10. The molecule has 162 valence electrons.